The first kappa shape index (κ1) is 26.6. The summed E-state index contributed by atoms with van der Waals surface area (Å²) in [5.41, 5.74) is 9.21. The third-order valence-electron chi connectivity index (χ3n) is 8.90. The molecule has 0 aliphatic rings. The highest BCUT2D eigenvalue weighted by molar-refractivity contribution is 7.26. The fourth-order valence-corrected chi connectivity index (χ4v) is 7.70. The largest absolute Gasteiger partial charge is 0.309 e. The number of hydrogen-bond donors (Lipinski definition) is 0. The fraction of sp³-hybridized carbons (Fsp3) is 0. The number of thiophene rings is 1. The first-order chi connectivity index (χ1) is 22.8. The molecule has 0 unspecified atom stereocenters. The molecule has 0 aliphatic carbocycles. The molecule has 0 fully saturated rings. The van der Waals surface area contributed by atoms with Crippen LogP contribution in [0.25, 0.3) is 64.1 Å². The molecule has 0 spiro atoms. The molecule has 0 bridgehead atoms. The van der Waals surface area contributed by atoms with Gasteiger partial charge in [0.05, 0.1) is 15.9 Å². The Labute approximate surface area is 271 Å². The monoisotopic (exact) mass is 604 g/mol. The third-order valence-corrected chi connectivity index (χ3v) is 10.1. The predicted molar refractivity (Wildman–Crippen MR) is 198 cm³/mol. The van der Waals surface area contributed by atoms with Gasteiger partial charge in [-0.05, 0) is 92.3 Å². The molecule has 0 atom stereocenters. The van der Waals surface area contributed by atoms with Crippen LogP contribution in [0.2, 0.25) is 0 Å². The summed E-state index contributed by atoms with van der Waals surface area (Å²) in [6.45, 7) is 0. The van der Waals surface area contributed by atoms with E-state index < -0.39 is 0 Å². The van der Waals surface area contributed by atoms with Crippen molar-refractivity contribution in [2.45, 2.75) is 0 Å². The second-order valence-electron chi connectivity index (χ2n) is 11.7. The zero-order valence-electron chi connectivity index (χ0n) is 25.0. The molecule has 2 nitrogen and oxygen atoms in total. The van der Waals surface area contributed by atoms with Crippen LogP contribution >= 0.6 is 11.3 Å². The van der Waals surface area contributed by atoms with Gasteiger partial charge >= 0.3 is 0 Å². The molecular weight excluding hydrogens is 577 g/mol. The minimum Gasteiger partial charge on any atom is -0.309 e. The topological polar surface area (TPSA) is 16.1 Å². The van der Waals surface area contributed by atoms with E-state index in [9.17, 15) is 0 Å². The summed E-state index contributed by atoms with van der Waals surface area (Å²) in [5, 5.41) is 6.21. The van der Waals surface area contributed by atoms with E-state index in [1.54, 1.807) is 11.3 Å². The minimum absolute atomic E-state index is 1.05. The Bertz CT molecular complexity index is 2410. The van der Waals surface area contributed by atoms with Crippen LogP contribution in [0.1, 0.15) is 0 Å². The number of hydrogen-bond acceptors (Lipinski definition) is 3. The van der Waals surface area contributed by atoms with Crippen molar-refractivity contribution < 1.29 is 0 Å². The summed E-state index contributed by atoms with van der Waals surface area (Å²) >= 11 is 1.80. The van der Waals surface area contributed by atoms with E-state index in [1.807, 2.05) is 6.20 Å². The van der Waals surface area contributed by atoms with Gasteiger partial charge in [-0.2, -0.15) is 0 Å². The van der Waals surface area contributed by atoms with Crippen LogP contribution in [0.4, 0.5) is 17.1 Å². The van der Waals surface area contributed by atoms with Crippen LogP contribution < -0.4 is 4.90 Å². The quantitative estimate of drug-likeness (QED) is 0.194. The lowest BCUT2D eigenvalue weighted by Crippen LogP contribution is -2.10. The molecule has 0 saturated heterocycles. The molecule has 0 N–H and O–H groups in total. The Kier molecular flexibility index (Phi) is 6.36. The van der Waals surface area contributed by atoms with Gasteiger partial charge in [0.1, 0.15) is 0 Å². The van der Waals surface area contributed by atoms with Gasteiger partial charge in [-0.1, -0.05) is 115 Å². The maximum atomic E-state index is 4.84. The van der Waals surface area contributed by atoms with Gasteiger partial charge < -0.3 is 4.90 Å². The standard InChI is InChI=1S/C43H28N2S/c1-3-9-33-27-35(15-13-29(33)7-1)31-17-21-37(22-18-31)45(40-25-26-44-42-39-11-5-6-12-41(39)46-43(40)42)38-23-19-32(20-24-38)36-16-14-30-8-2-4-10-34(30)28-36/h1-28H. The molecule has 9 rings (SSSR count). The van der Waals surface area contributed by atoms with Crippen molar-refractivity contribution in [2.75, 3.05) is 4.90 Å². The smallest absolute Gasteiger partial charge is 0.0909 e. The Morgan fingerprint density at radius 2 is 0.935 bits per heavy atom. The van der Waals surface area contributed by atoms with Gasteiger partial charge in [0.15, 0.2) is 0 Å². The number of rotatable bonds is 5. The molecule has 2 heterocycles. The summed E-state index contributed by atoms with van der Waals surface area (Å²) in [6, 6.07) is 59.0. The Hall–Kier alpha value is -5.77. The highest BCUT2D eigenvalue weighted by Gasteiger charge is 2.19. The normalized spacial score (nSPS) is 11.5. The van der Waals surface area contributed by atoms with Gasteiger partial charge in [-0.15, -0.1) is 11.3 Å². The third kappa shape index (κ3) is 4.61. The van der Waals surface area contributed by atoms with Crippen molar-refractivity contribution in [2.24, 2.45) is 0 Å². The van der Waals surface area contributed by atoms with Crippen molar-refractivity contribution in [3.63, 3.8) is 0 Å². The second kappa shape index (κ2) is 11.0. The van der Waals surface area contributed by atoms with Crippen molar-refractivity contribution in [1.82, 2.24) is 4.98 Å². The van der Waals surface area contributed by atoms with Crippen LogP contribution in [-0.4, -0.2) is 4.98 Å². The summed E-state index contributed by atoms with van der Waals surface area (Å²) in [5.74, 6) is 0. The highest BCUT2D eigenvalue weighted by atomic mass is 32.1. The van der Waals surface area contributed by atoms with Gasteiger partial charge in [0, 0.05) is 27.7 Å². The summed E-state index contributed by atoms with van der Waals surface area (Å²) in [6.07, 6.45) is 1.94. The molecular formula is C43H28N2S. The predicted octanol–water partition coefficient (Wildman–Crippen LogP) is 12.6. The van der Waals surface area contributed by atoms with Gasteiger partial charge in [-0.3, -0.25) is 4.98 Å². The molecule has 3 heteroatoms. The average Bonchev–Trinajstić information content (AvgIpc) is 3.51. The number of benzene rings is 7. The minimum atomic E-state index is 1.05. The molecule has 0 radical (unpaired) electrons. The summed E-state index contributed by atoms with van der Waals surface area (Å²) in [7, 11) is 0. The molecule has 46 heavy (non-hydrogen) atoms. The van der Waals surface area contributed by atoms with Crippen molar-refractivity contribution in [3.8, 4) is 22.3 Å². The second-order valence-corrected chi connectivity index (χ2v) is 12.7. The van der Waals surface area contributed by atoms with Crippen LogP contribution in [0.3, 0.4) is 0 Å². The molecule has 0 saturated carbocycles. The van der Waals surface area contributed by atoms with Crippen LogP contribution in [0.5, 0.6) is 0 Å². The Morgan fingerprint density at radius 1 is 0.435 bits per heavy atom. The first-order valence-corrected chi connectivity index (χ1v) is 16.4. The van der Waals surface area contributed by atoms with Gasteiger partial charge in [-0.25, -0.2) is 0 Å². The zero-order valence-corrected chi connectivity index (χ0v) is 25.8. The van der Waals surface area contributed by atoms with Gasteiger partial charge in [0.25, 0.3) is 0 Å². The number of anilines is 3. The van der Waals surface area contributed by atoms with Crippen molar-refractivity contribution in [1.29, 1.82) is 0 Å². The molecule has 0 amide bonds. The van der Waals surface area contributed by atoms with Gasteiger partial charge in [0.2, 0.25) is 0 Å². The lowest BCUT2D eigenvalue weighted by atomic mass is 10.00. The number of pyridine rings is 1. The lowest BCUT2D eigenvalue weighted by Gasteiger charge is -2.26. The average molecular weight is 605 g/mol. The SMILES string of the molecule is c1ccc2cc(-c3ccc(N(c4ccc(-c5ccc6ccccc6c5)cc4)c4ccnc5c4sc4ccccc45)cc3)ccc2c1. The molecule has 9 aromatic rings. The van der Waals surface area contributed by atoms with E-state index in [0.29, 0.717) is 0 Å². The molecule has 7 aromatic carbocycles. The van der Waals surface area contributed by atoms with Crippen molar-refractivity contribution in [3.05, 3.63) is 170 Å². The lowest BCUT2D eigenvalue weighted by molar-refractivity contribution is 1.29. The Balaban J connectivity index is 1.16. The maximum Gasteiger partial charge on any atom is 0.0909 e. The van der Waals surface area contributed by atoms with Crippen molar-refractivity contribution >= 4 is 70.2 Å². The number of aromatic nitrogens is 1. The number of nitrogens with zero attached hydrogens (tertiary/aromatic N) is 2. The van der Waals surface area contributed by atoms with E-state index in [4.69, 9.17) is 4.98 Å². The molecule has 2 aromatic heterocycles. The molecule has 0 aliphatic heterocycles. The first-order valence-electron chi connectivity index (χ1n) is 15.5. The summed E-state index contributed by atoms with van der Waals surface area (Å²) in [4.78, 5) is 7.21. The number of fused-ring (bicyclic) bond motifs is 5. The Morgan fingerprint density at radius 3 is 1.52 bits per heavy atom. The van der Waals surface area contributed by atoms with Crippen LogP contribution in [-0.2, 0) is 0 Å². The van der Waals surface area contributed by atoms with E-state index in [2.05, 4.69) is 169 Å². The van der Waals surface area contributed by atoms with E-state index >= 15 is 0 Å². The van der Waals surface area contributed by atoms with E-state index in [-0.39, 0.29) is 0 Å². The van der Waals surface area contributed by atoms with E-state index in [1.165, 1.54) is 58.6 Å². The fourth-order valence-electron chi connectivity index (χ4n) is 6.54. The zero-order chi connectivity index (χ0) is 30.5. The van der Waals surface area contributed by atoms with E-state index in [0.717, 1.165) is 22.6 Å². The molecule has 216 valence electrons. The van der Waals surface area contributed by atoms with Crippen LogP contribution in [0, 0.1) is 0 Å². The highest BCUT2D eigenvalue weighted by Crippen LogP contribution is 2.44. The summed E-state index contributed by atoms with van der Waals surface area (Å²) < 4.78 is 2.43. The maximum absolute atomic E-state index is 4.84. The van der Waals surface area contributed by atoms with Crippen LogP contribution in [0.15, 0.2) is 170 Å².